The number of nitrogens with zero attached hydrogens (tertiary/aromatic N) is 2. The van der Waals surface area contributed by atoms with E-state index in [1.165, 1.54) is 6.42 Å². The third-order valence-electron chi connectivity index (χ3n) is 5.03. The Bertz CT molecular complexity index is 459. The maximum atomic E-state index is 12.3. The molecule has 7 nitrogen and oxygen atoms in total. The van der Waals surface area contributed by atoms with Gasteiger partial charge in [-0.2, -0.15) is 0 Å². The van der Waals surface area contributed by atoms with Crippen LogP contribution in [0.5, 0.6) is 0 Å². The van der Waals surface area contributed by atoms with Gasteiger partial charge in [0.25, 0.3) is 0 Å². The van der Waals surface area contributed by atoms with Gasteiger partial charge in [0.2, 0.25) is 5.91 Å². The molecule has 0 bridgehead atoms. The lowest BCUT2D eigenvalue weighted by atomic mass is 10.00. The highest BCUT2D eigenvalue weighted by molar-refractivity contribution is 14.0. The average molecular weight is 510 g/mol. The summed E-state index contributed by atoms with van der Waals surface area (Å²) in [6, 6.07) is 0. The smallest absolute Gasteiger partial charge is 0.224 e. The molecule has 0 spiro atoms. The molecule has 2 atom stereocenters. The molecule has 0 saturated carbocycles. The summed E-state index contributed by atoms with van der Waals surface area (Å²) in [7, 11) is 0. The fourth-order valence-electron chi connectivity index (χ4n) is 3.55. The molecule has 2 N–H and O–H groups in total. The molecular formula is C20H39IN4O3. The summed E-state index contributed by atoms with van der Waals surface area (Å²) in [6.45, 7) is 10.5. The largest absolute Gasteiger partial charge is 0.379 e. The van der Waals surface area contributed by atoms with Crippen LogP contribution in [-0.4, -0.2) is 75.4 Å². The van der Waals surface area contributed by atoms with Crippen molar-refractivity contribution in [3.05, 3.63) is 0 Å². The van der Waals surface area contributed by atoms with Gasteiger partial charge in [0.05, 0.1) is 12.7 Å². The Morgan fingerprint density at radius 3 is 2.86 bits per heavy atom. The van der Waals surface area contributed by atoms with Crippen molar-refractivity contribution in [3.8, 4) is 0 Å². The zero-order valence-electron chi connectivity index (χ0n) is 17.6. The second-order valence-corrected chi connectivity index (χ2v) is 7.59. The van der Waals surface area contributed by atoms with E-state index in [1.54, 1.807) is 0 Å². The summed E-state index contributed by atoms with van der Waals surface area (Å²) in [4.78, 5) is 18.9. The molecular weight excluding hydrogens is 471 g/mol. The molecule has 1 amide bonds. The first-order valence-corrected chi connectivity index (χ1v) is 10.7. The lowest BCUT2D eigenvalue weighted by Crippen LogP contribution is -2.42. The first-order valence-electron chi connectivity index (χ1n) is 10.7. The molecule has 2 aliphatic rings. The number of ether oxygens (including phenoxy) is 2. The lowest BCUT2D eigenvalue weighted by Gasteiger charge is -2.31. The maximum absolute atomic E-state index is 12.3. The zero-order chi connectivity index (χ0) is 19.3. The van der Waals surface area contributed by atoms with Gasteiger partial charge in [-0.3, -0.25) is 9.79 Å². The number of piperidine rings is 1. The van der Waals surface area contributed by atoms with Gasteiger partial charge >= 0.3 is 0 Å². The van der Waals surface area contributed by atoms with Crippen LogP contribution in [0.4, 0.5) is 0 Å². The summed E-state index contributed by atoms with van der Waals surface area (Å²) in [6.07, 6.45) is 6.30. The minimum atomic E-state index is 0. The number of rotatable bonds is 10. The van der Waals surface area contributed by atoms with Crippen molar-refractivity contribution in [1.82, 2.24) is 15.5 Å². The van der Waals surface area contributed by atoms with Crippen LogP contribution in [0.1, 0.15) is 52.4 Å². The number of carbonyl (C=O) groups excluding carboxylic acids is 1. The number of hydrogen-bond donors (Lipinski definition) is 2. The standard InChI is InChI=1S/C20H38N4O3.HI/c1-3-21-20(22-10-6-13-26-16-18-8-5-14-27-18)23-11-9-19(25)24-12-4-7-17(2)15-24;/h17-18H,3-16H2,1-2H3,(H2,21,22,23);1H. The van der Waals surface area contributed by atoms with Crippen LogP contribution in [0.25, 0.3) is 0 Å². The maximum Gasteiger partial charge on any atom is 0.224 e. The number of guanidine groups is 1. The monoisotopic (exact) mass is 510 g/mol. The molecule has 0 aliphatic carbocycles. The van der Waals surface area contributed by atoms with E-state index in [0.29, 0.717) is 38.6 Å². The number of amides is 1. The number of aliphatic imine (C=N–C) groups is 1. The predicted molar refractivity (Wildman–Crippen MR) is 123 cm³/mol. The van der Waals surface area contributed by atoms with Gasteiger partial charge in [0.15, 0.2) is 5.96 Å². The predicted octanol–water partition coefficient (Wildman–Crippen LogP) is 2.39. The Morgan fingerprint density at radius 2 is 2.14 bits per heavy atom. The normalized spacial score (nSPS) is 22.6. The van der Waals surface area contributed by atoms with E-state index in [-0.39, 0.29) is 36.0 Å². The molecule has 2 saturated heterocycles. The molecule has 0 aromatic heterocycles. The molecule has 8 heteroatoms. The highest BCUT2D eigenvalue weighted by Crippen LogP contribution is 2.16. The third kappa shape index (κ3) is 10.2. The van der Waals surface area contributed by atoms with Crippen LogP contribution < -0.4 is 10.6 Å². The highest BCUT2D eigenvalue weighted by atomic mass is 127. The van der Waals surface area contributed by atoms with E-state index in [9.17, 15) is 4.79 Å². The van der Waals surface area contributed by atoms with Gasteiger partial charge in [-0.1, -0.05) is 6.92 Å². The van der Waals surface area contributed by atoms with Crippen LogP contribution >= 0.6 is 24.0 Å². The average Bonchev–Trinajstić information content (AvgIpc) is 3.18. The van der Waals surface area contributed by atoms with E-state index < -0.39 is 0 Å². The third-order valence-corrected chi connectivity index (χ3v) is 5.03. The molecule has 2 aliphatic heterocycles. The van der Waals surface area contributed by atoms with Gasteiger partial charge in [-0.05, 0) is 44.9 Å². The quantitative estimate of drug-likeness (QED) is 0.204. The Hall–Kier alpha value is -0.610. The molecule has 164 valence electrons. The molecule has 0 aromatic carbocycles. The second kappa shape index (κ2) is 15.3. The molecule has 2 heterocycles. The van der Waals surface area contributed by atoms with Crippen molar-refractivity contribution in [2.75, 3.05) is 52.5 Å². The van der Waals surface area contributed by atoms with Crippen LogP contribution in [-0.2, 0) is 14.3 Å². The molecule has 2 unspecified atom stereocenters. The summed E-state index contributed by atoms with van der Waals surface area (Å²) in [5.74, 6) is 1.64. The summed E-state index contributed by atoms with van der Waals surface area (Å²) < 4.78 is 11.2. The van der Waals surface area contributed by atoms with Crippen molar-refractivity contribution in [3.63, 3.8) is 0 Å². The van der Waals surface area contributed by atoms with Gasteiger partial charge in [-0.15, -0.1) is 24.0 Å². The van der Waals surface area contributed by atoms with Gasteiger partial charge in [-0.25, -0.2) is 0 Å². The van der Waals surface area contributed by atoms with E-state index in [2.05, 4.69) is 22.5 Å². The SMILES string of the molecule is CCNC(=NCCCOCC1CCCO1)NCCC(=O)N1CCCC(C)C1.I. The number of carbonyl (C=O) groups is 1. The fraction of sp³-hybridized carbons (Fsp3) is 0.900. The molecule has 0 aromatic rings. The van der Waals surface area contributed by atoms with Crippen LogP contribution in [0.3, 0.4) is 0 Å². The number of likely N-dealkylation sites (tertiary alicyclic amines) is 1. The van der Waals surface area contributed by atoms with Crippen LogP contribution in [0.2, 0.25) is 0 Å². The number of halogens is 1. The lowest BCUT2D eigenvalue weighted by molar-refractivity contribution is -0.132. The Kier molecular flexibility index (Phi) is 13.9. The minimum absolute atomic E-state index is 0. The highest BCUT2D eigenvalue weighted by Gasteiger charge is 2.20. The van der Waals surface area contributed by atoms with E-state index in [1.807, 2.05) is 11.8 Å². The number of nitrogens with one attached hydrogen (secondary N) is 2. The zero-order valence-corrected chi connectivity index (χ0v) is 19.9. The van der Waals surface area contributed by atoms with Crippen molar-refractivity contribution in [1.29, 1.82) is 0 Å². The van der Waals surface area contributed by atoms with E-state index in [0.717, 1.165) is 57.9 Å². The van der Waals surface area contributed by atoms with Gasteiger partial charge in [0.1, 0.15) is 0 Å². The van der Waals surface area contributed by atoms with Crippen molar-refractivity contribution < 1.29 is 14.3 Å². The summed E-state index contributed by atoms with van der Waals surface area (Å²) >= 11 is 0. The summed E-state index contributed by atoms with van der Waals surface area (Å²) in [5.41, 5.74) is 0. The first kappa shape index (κ1) is 25.4. The molecule has 2 fully saturated rings. The molecule has 2 rings (SSSR count). The van der Waals surface area contributed by atoms with E-state index in [4.69, 9.17) is 9.47 Å². The van der Waals surface area contributed by atoms with Crippen molar-refractivity contribution >= 4 is 35.8 Å². The van der Waals surface area contributed by atoms with Crippen LogP contribution in [0.15, 0.2) is 4.99 Å². The Labute approximate surface area is 187 Å². The Morgan fingerprint density at radius 1 is 1.29 bits per heavy atom. The molecule has 28 heavy (non-hydrogen) atoms. The van der Waals surface area contributed by atoms with E-state index >= 15 is 0 Å². The Balaban J connectivity index is 0.00000392. The minimum Gasteiger partial charge on any atom is -0.379 e. The topological polar surface area (TPSA) is 75.2 Å². The van der Waals surface area contributed by atoms with Gasteiger partial charge in [0, 0.05) is 52.4 Å². The van der Waals surface area contributed by atoms with Crippen molar-refractivity contribution in [2.45, 2.75) is 58.5 Å². The fourth-order valence-corrected chi connectivity index (χ4v) is 3.55. The first-order chi connectivity index (χ1) is 13.2. The molecule has 0 radical (unpaired) electrons. The number of hydrogen-bond acceptors (Lipinski definition) is 4. The second-order valence-electron chi connectivity index (χ2n) is 7.59. The van der Waals surface area contributed by atoms with Crippen molar-refractivity contribution in [2.24, 2.45) is 10.9 Å². The van der Waals surface area contributed by atoms with Gasteiger partial charge < -0.3 is 25.0 Å². The summed E-state index contributed by atoms with van der Waals surface area (Å²) in [5, 5.41) is 6.50. The van der Waals surface area contributed by atoms with Crippen LogP contribution in [0, 0.1) is 5.92 Å².